The molecule has 0 aliphatic heterocycles. The monoisotopic (exact) mass is 667 g/mol. The summed E-state index contributed by atoms with van der Waals surface area (Å²) < 4.78 is 5.97. The topological polar surface area (TPSA) is 172 Å². The fourth-order valence-corrected chi connectivity index (χ4v) is 5.75. The Balaban J connectivity index is 1.37. The van der Waals surface area contributed by atoms with E-state index in [-0.39, 0.29) is 42.2 Å². The molecular formula is C40H49N3O6. The van der Waals surface area contributed by atoms with E-state index in [0.29, 0.717) is 36.1 Å². The Labute approximate surface area is 288 Å². The first kappa shape index (κ1) is 37.1. The number of benzene rings is 3. The van der Waals surface area contributed by atoms with E-state index in [1.807, 2.05) is 42.5 Å². The Morgan fingerprint density at radius 2 is 1.59 bits per heavy atom. The van der Waals surface area contributed by atoms with Gasteiger partial charge in [-0.1, -0.05) is 61.4 Å². The molecule has 2 unspecified atom stereocenters. The van der Waals surface area contributed by atoms with Gasteiger partial charge in [0.15, 0.2) is 23.1 Å². The highest BCUT2D eigenvalue weighted by molar-refractivity contribution is 5.96. The molecule has 4 rings (SSSR count). The lowest BCUT2D eigenvalue weighted by molar-refractivity contribution is -0.114. The number of ether oxygens (including phenoxy) is 1. The summed E-state index contributed by atoms with van der Waals surface area (Å²) in [6, 6.07) is 19.6. The van der Waals surface area contributed by atoms with Crippen LogP contribution in [0.4, 0.5) is 0 Å². The molecule has 0 saturated carbocycles. The first-order valence-electron chi connectivity index (χ1n) is 17.0. The van der Waals surface area contributed by atoms with Gasteiger partial charge in [-0.3, -0.25) is 9.59 Å². The maximum atomic E-state index is 13.2. The average molecular weight is 668 g/mol. The van der Waals surface area contributed by atoms with Crippen molar-refractivity contribution in [2.75, 3.05) is 6.61 Å². The number of rotatable bonds is 20. The third-order valence-electron chi connectivity index (χ3n) is 8.63. The number of hydrogen-bond acceptors (Lipinski definition) is 8. The largest absolute Gasteiger partial charge is 0.508 e. The molecule has 49 heavy (non-hydrogen) atoms. The number of aliphatic hydroxyl groups is 1. The maximum Gasteiger partial charge on any atom is 0.165 e. The molecule has 0 radical (unpaired) electrons. The Morgan fingerprint density at radius 3 is 2.29 bits per heavy atom. The number of phenolic OH excluding ortho intramolecular Hbond substituents is 2. The van der Waals surface area contributed by atoms with E-state index in [9.17, 15) is 24.9 Å². The van der Waals surface area contributed by atoms with Crippen LogP contribution >= 0.6 is 0 Å². The number of aliphatic hydroxyl groups excluding tert-OH is 1. The second kappa shape index (κ2) is 18.7. The number of H-pyrrole nitrogens is 1. The number of carbonyl (C=O) groups is 2. The normalized spacial score (nSPS) is 12.8. The lowest BCUT2D eigenvalue weighted by atomic mass is 9.84. The standard InChI is InChI=1S/C40H49N3O6/c1-27(44)7-5-3-2-4-6-8-33(45)16-9-28-11-18-37(47)39(24-28)49-22-20-29-10-17-36(46)35(23-29)34(25-38(48)32-19-21-43-26-32)30-12-14-31(15-13-30)40(41)42/h6,8,10-15,17-19,21,23-24,26-27,34,40,43-44,46-47H,2-5,7,9,16,20,22,25,41-42H2,1H3. The number of allylic oxidation sites excluding steroid dienone is 2. The first-order valence-corrected chi connectivity index (χ1v) is 17.0. The highest BCUT2D eigenvalue weighted by Gasteiger charge is 2.23. The summed E-state index contributed by atoms with van der Waals surface area (Å²) in [6.45, 7) is 2.06. The SMILES string of the molecule is CC(O)CCCCCC=CC(=O)CCc1ccc(O)c(OCCc2ccc(O)c(C(CC(=O)c3cc[nH]c3)c3ccc(C(N)N)cc3)c2)c1. The molecule has 260 valence electrons. The number of aryl methyl sites for hydroxylation is 1. The molecule has 8 N–H and O–H groups in total. The van der Waals surface area contributed by atoms with Crippen LogP contribution in [0.5, 0.6) is 17.2 Å². The van der Waals surface area contributed by atoms with Crippen molar-refractivity contribution in [1.82, 2.24) is 4.98 Å². The number of nitrogens with two attached hydrogens (primary N) is 2. The minimum atomic E-state index is -0.622. The summed E-state index contributed by atoms with van der Waals surface area (Å²) in [6.07, 6.45) is 12.2. The van der Waals surface area contributed by atoms with E-state index in [0.717, 1.165) is 54.4 Å². The smallest absolute Gasteiger partial charge is 0.165 e. The molecule has 0 spiro atoms. The second-order valence-electron chi connectivity index (χ2n) is 12.6. The van der Waals surface area contributed by atoms with Crippen LogP contribution in [0, 0.1) is 0 Å². The third kappa shape index (κ3) is 11.7. The quantitative estimate of drug-likeness (QED) is 0.0260. The van der Waals surface area contributed by atoms with Crippen molar-refractivity contribution < 1.29 is 29.6 Å². The van der Waals surface area contributed by atoms with Gasteiger partial charge in [-0.05, 0) is 85.2 Å². The number of Topliss-reactive ketones (excluding diaryl/α,β-unsaturated/α-hetero) is 1. The van der Waals surface area contributed by atoms with Gasteiger partial charge >= 0.3 is 0 Å². The zero-order valence-electron chi connectivity index (χ0n) is 28.2. The van der Waals surface area contributed by atoms with Crippen LogP contribution in [-0.2, 0) is 17.6 Å². The van der Waals surface area contributed by atoms with Gasteiger partial charge in [-0.2, -0.15) is 0 Å². The number of aromatic nitrogens is 1. The molecular weight excluding hydrogens is 618 g/mol. The van der Waals surface area contributed by atoms with Crippen molar-refractivity contribution in [3.05, 3.63) is 125 Å². The van der Waals surface area contributed by atoms with Gasteiger partial charge in [-0.25, -0.2) is 0 Å². The number of aromatic hydroxyl groups is 2. The lowest BCUT2D eigenvalue weighted by Gasteiger charge is -2.20. The second-order valence-corrected chi connectivity index (χ2v) is 12.6. The summed E-state index contributed by atoms with van der Waals surface area (Å²) in [7, 11) is 0. The van der Waals surface area contributed by atoms with E-state index < -0.39 is 12.1 Å². The highest BCUT2D eigenvalue weighted by Crippen LogP contribution is 2.36. The fraction of sp³-hybridized carbons (Fsp3) is 0.350. The van der Waals surface area contributed by atoms with Gasteiger partial charge < -0.3 is 36.5 Å². The Hall–Kier alpha value is -4.70. The van der Waals surface area contributed by atoms with E-state index in [1.165, 1.54) is 0 Å². The van der Waals surface area contributed by atoms with Gasteiger partial charge in [-0.15, -0.1) is 0 Å². The zero-order chi connectivity index (χ0) is 35.2. The summed E-state index contributed by atoms with van der Waals surface area (Å²) in [5.74, 6) is -0.00321. The summed E-state index contributed by atoms with van der Waals surface area (Å²) in [4.78, 5) is 28.5. The van der Waals surface area contributed by atoms with Crippen LogP contribution in [0.2, 0.25) is 0 Å². The van der Waals surface area contributed by atoms with E-state index in [2.05, 4.69) is 4.98 Å². The number of hydrogen-bond donors (Lipinski definition) is 6. The van der Waals surface area contributed by atoms with Crippen molar-refractivity contribution in [1.29, 1.82) is 0 Å². The van der Waals surface area contributed by atoms with Gasteiger partial charge in [0.2, 0.25) is 0 Å². The molecule has 0 amide bonds. The summed E-state index contributed by atoms with van der Waals surface area (Å²) >= 11 is 0. The van der Waals surface area contributed by atoms with Crippen LogP contribution < -0.4 is 16.2 Å². The van der Waals surface area contributed by atoms with Crippen LogP contribution in [0.3, 0.4) is 0 Å². The molecule has 4 aromatic rings. The molecule has 1 heterocycles. The number of ketones is 2. The Morgan fingerprint density at radius 1 is 0.878 bits per heavy atom. The van der Waals surface area contributed by atoms with Crippen LogP contribution in [-0.4, -0.2) is 44.6 Å². The first-order chi connectivity index (χ1) is 23.6. The number of nitrogens with one attached hydrogen (secondary N) is 1. The molecule has 1 aromatic heterocycles. The average Bonchev–Trinajstić information content (AvgIpc) is 3.63. The van der Waals surface area contributed by atoms with Gasteiger partial charge in [0.05, 0.1) is 18.9 Å². The molecule has 9 heteroatoms. The third-order valence-corrected chi connectivity index (χ3v) is 8.63. The predicted octanol–water partition coefficient (Wildman–Crippen LogP) is 6.76. The molecule has 0 aliphatic rings. The summed E-state index contributed by atoms with van der Waals surface area (Å²) in [5, 5.41) is 30.7. The Kier molecular flexibility index (Phi) is 14.2. The lowest BCUT2D eigenvalue weighted by Crippen LogP contribution is -2.20. The summed E-state index contributed by atoms with van der Waals surface area (Å²) in [5.41, 5.74) is 16.2. The highest BCUT2D eigenvalue weighted by atomic mass is 16.5. The molecule has 3 aromatic carbocycles. The van der Waals surface area contributed by atoms with Crippen LogP contribution in [0.15, 0.2) is 91.3 Å². The maximum absolute atomic E-state index is 13.2. The van der Waals surface area contributed by atoms with E-state index >= 15 is 0 Å². The molecule has 2 atom stereocenters. The van der Waals surface area contributed by atoms with Crippen molar-refractivity contribution in [2.24, 2.45) is 11.5 Å². The molecule has 0 saturated heterocycles. The molecule has 0 aliphatic carbocycles. The molecule has 0 bridgehead atoms. The number of phenols is 2. The zero-order valence-corrected chi connectivity index (χ0v) is 28.2. The molecule has 9 nitrogen and oxygen atoms in total. The fourth-order valence-electron chi connectivity index (χ4n) is 5.75. The van der Waals surface area contributed by atoms with Crippen molar-refractivity contribution in [3.63, 3.8) is 0 Å². The minimum Gasteiger partial charge on any atom is -0.508 e. The van der Waals surface area contributed by atoms with Crippen LogP contribution in [0.25, 0.3) is 0 Å². The number of carbonyl (C=O) groups excluding carboxylic acids is 2. The van der Waals surface area contributed by atoms with E-state index in [4.69, 9.17) is 16.2 Å². The van der Waals surface area contributed by atoms with Gasteiger partial charge in [0.25, 0.3) is 0 Å². The van der Waals surface area contributed by atoms with Crippen molar-refractivity contribution in [3.8, 4) is 17.2 Å². The van der Waals surface area contributed by atoms with Crippen LogP contribution in [0.1, 0.15) is 102 Å². The van der Waals surface area contributed by atoms with Gasteiger partial charge in [0.1, 0.15) is 5.75 Å². The Bertz CT molecular complexity index is 1660. The number of aromatic amines is 1. The molecule has 0 fully saturated rings. The number of unbranched alkanes of at least 4 members (excludes halogenated alkanes) is 3. The van der Waals surface area contributed by atoms with Crippen molar-refractivity contribution in [2.45, 2.75) is 82.9 Å². The minimum absolute atomic E-state index is 0.0148. The van der Waals surface area contributed by atoms with Crippen molar-refractivity contribution >= 4 is 11.6 Å². The van der Waals surface area contributed by atoms with Gasteiger partial charge in [0, 0.05) is 48.7 Å². The predicted molar refractivity (Wildman–Crippen MR) is 192 cm³/mol. The van der Waals surface area contributed by atoms with E-state index in [1.54, 1.807) is 55.7 Å².